The molecule has 1 atom stereocenters. The quantitative estimate of drug-likeness (QED) is 0.648. The number of rotatable bonds is 10. The summed E-state index contributed by atoms with van der Waals surface area (Å²) in [4.78, 5) is 11.5. The van der Waals surface area contributed by atoms with E-state index < -0.39 is 5.54 Å². The lowest BCUT2D eigenvalue weighted by Crippen LogP contribution is -2.53. The Bertz CT molecular complexity index is 451. The van der Waals surface area contributed by atoms with E-state index in [9.17, 15) is 4.79 Å². The minimum Gasteiger partial charge on any atom is -0.490 e. The van der Waals surface area contributed by atoms with Crippen LogP contribution in [0.1, 0.15) is 33.6 Å². The van der Waals surface area contributed by atoms with Crippen LogP contribution in [-0.2, 0) is 4.79 Å². The summed E-state index contributed by atoms with van der Waals surface area (Å²) in [6.45, 7) is 7.53. The molecular weight excluding hydrogens is 268 g/mol. The number of likely N-dealkylation sites (N-methyl/N-ethyl adjacent to an activating group) is 1. The standard InChI is InChI=1S/C16H26N2O3/c1-4-18-16(3,15(17)19)11-8-12-21-14-10-7-6-9-13(14)20-5-2/h6-7,9-10,18H,4-5,8,11-12H2,1-3H3,(H2,17,19). The van der Waals surface area contributed by atoms with Crippen molar-refractivity contribution in [1.29, 1.82) is 0 Å². The zero-order chi connectivity index (χ0) is 15.7. The van der Waals surface area contributed by atoms with Crippen molar-refractivity contribution < 1.29 is 14.3 Å². The molecule has 5 heteroatoms. The second-order valence-corrected chi connectivity index (χ2v) is 5.06. The van der Waals surface area contributed by atoms with Crippen LogP contribution in [0.25, 0.3) is 0 Å². The Morgan fingerprint density at radius 3 is 2.38 bits per heavy atom. The highest BCUT2D eigenvalue weighted by molar-refractivity contribution is 5.84. The minimum atomic E-state index is -0.683. The van der Waals surface area contributed by atoms with Gasteiger partial charge in [0, 0.05) is 0 Å². The molecule has 1 aromatic carbocycles. The number of ether oxygens (including phenoxy) is 2. The van der Waals surface area contributed by atoms with E-state index >= 15 is 0 Å². The molecule has 0 fully saturated rings. The van der Waals surface area contributed by atoms with Gasteiger partial charge in [-0.1, -0.05) is 19.1 Å². The van der Waals surface area contributed by atoms with Crippen molar-refractivity contribution in [2.75, 3.05) is 19.8 Å². The molecule has 118 valence electrons. The number of carbonyl (C=O) groups excluding carboxylic acids is 1. The van der Waals surface area contributed by atoms with Gasteiger partial charge in [0.25, 0.3) is 0 Å². The molecule has 0 aliphatic heterocycles. The van der Waals surface area contributed by atoms with E-state index in [1.807, 2.05) is 45.0 Å². The predicted octanol–water partition coefficient (Wildman–Crippen LogP) is 2.10. The van der Waals surface area contributed by atoms with E-state index in [4.69, 9.17) is 15.2 Å². The molecule has 0 radical (unpaired) electrons. The van der Waals surface area contributed by atoms with E-state index in [0.717, 1.165) is 17.9 Å². The maximum atomic E-state index is 11.5. The third-order valence-electron chi connectivity index (χ3n) is 3.34. The summed E-state index contributed by atoms with van der Waals surface area (Å²) >= 11 is 0. The fourth-order valence-electron chi connectivity index (χ4n) is 2.14. The van der Waals surface area contributed by atoms with E-state index in [1.165, 1.54) is 0 Å². The second-order valence-electron chi connectivity index (χ2n) is 5.06. The number of nitrogens with two attached hydrogens (primary N) is 1. The van der Waals surface area contributed by atoms with Crippen molar-refractivity contribution in [1.82, 2.24) is 5.32 Å². The lowest BCUT2D eigenvalue weighted by molar-refractivity contribution is -0.124. The molecule has 0 aliphatic rings. The first-order valence-electron chi connectivity index (χ1n) is 7.43. The Hall–Kier alpha value is -1.75. The van der Waals surface area contributed by atoms with Crippen LogP contribution in [0, 0.1) is 0 Å². The highest BCUT2D eigenvalue weighted by Gasteiger charge is 2.29. The molecule has 1 amide bonds. The van der Waals surface area contributed by atoms with Gasteiger partial charge in [0.05, 0.1) is 18.8 Å². The van der Waals surface area contributed by atoms with Crippen molar-refractivity contribution in [2.24, 2.45) is 5.73 Å². The van der Waals surface area contributed by atoms with Crippen molar-refractivity contribution in [3.05, 3.63) is 24.3 Å². The van der Waals surface area contributed by atoms with Gasteiger partial charge in [-0.05, 0) is 45.4 Å². The van der Waals surface area contributed by atoms with Crippen LogP contribution in [-0.4, -0.2) is 31.2 Å². The van der Waals surface area contributed by atoms with Crippen molar-refractivity contribution in [3.63, 3.8) is 0 Å². The van der Waals surface area contributed by atoms with Crippen molar-refractivity contribution in [2.45, 2.75) is 39.2 Å². The first-order valence-corrected chi connectivity index (χ1v) is 7.43. The molecule has 1 rings (SSSR count). The maximum Gasteiger partial charge on any atom is 0.237 e. The van der Waals surface area contributed by atoms with Gasteiger partial charge in [-0.2, -0.15) is 0 Å². The molecule has 0 spiro atoms. The highest BCUT2D eigenvalue weighted by atomic mass is 16.5. The van der Waals surface area contributed by atoms with Gasteiger partial charge < -0.3 is 20.5 Å². The summed E-state index contributed by atoms with van der Waals surface area (Å²) in [6, 6.07) is 7.57. The molecule has 0 aromatic heterocycles. The van der Waals surface area contributed by atoms with E-state index in [2.05, 4.69) is 5.32 Å². The average Bonchev–Trinajstić information content (AvgIpc) is 2.45. The minimum absolute atomic E-state index is 0.334. The van der Waals surface area contributed by atoms with Gasteiger partial charge in [0.1, 0.15) is 0 Å². The molecular formula is C16H26N2O3. The van der Waals surface area contributed by atoms with Crippen LogP contribution in [0.3, 0.4) is 0 Å². The van der Waals surface area contributed by atoms with Gasteiger partial charge in [-0.3, -0.25) is 4.79 Å². The number of para-hydroxylation sites is 2. The topological polar surface area (TPSA) is 73.6 Å². The smallest absolute Gasteiger partial charge is 0.237 e. The Morgan fingerprint density at radius 1 is 1.24 bits per heavy atom. The molecule has 1 aromatic rings. The van der Waals surface area contributed by atoms with Crippen molar-refractivity contribution in [3.8, 4) is 11.5 Å². The normalized spacial score (nSPS) is 13.5. The Kier molecular flexibility index (Phi) is 7.02. The monoisotopic (exact) mass is 294 g/mol. The Labute approximate surface area is 126 Å². The summed E-state index contributed by atoms with van der Waals surface area (Å²) in [7, 11) is 0. The lowest BCUT2D eigenvalue weighted by atomic mass is 9.95. The lowest BCUT2D eigenvalue weighted by Gasteiger charge is -2.26. The predicted molar refractivity (Wildman–Crippen MR) is 83.6 cm³/mol. The number of amides is 1. The summed E-state index contributed by atoms with van der Waals surface area (Å²) in [5.41, 5.74) is 4.77. The summed E-state index contributed by atoms with van der Waals surface area (Å²) in [6.07, 6.45) is 1.36. The fraction of sp³-hybridized carbons (Fsp3) is 0.562. The Morgan fingerprint density at radius 2 is 1.86 bits per heavy atom. The Balaban J connectivity index is 2.48. The zero-order valence-electron chi connectivity index (χ0n) is 13.1. The van der Waals surface area contributed by atoms with Crippen molar-refractivity contribution >= 4 is 5.91 Å². The number of primary amides is 1. The van der Waals surface area contributed by atoms with Gasteiger partial charge >= 0.3 is 0 Å². The first-order chi connectivity index (χ1) is 10.0. The first kappa shape index (κ1) is 17.3. The highest BCUT2D eigenvalue weighted by Crippen LogP contribution is 2.26. The summed E-state index contributed by atoms with van der Waals surface area (Å²) in [5.74, 6) is 1.13. The van der Waals surface area contributed by atoms with Gasteiger partial charge in [-0.15, -0.1) is 0 Å². The summed E-state index contributed by atoms with van der Waals surface area (Å²) < 4.78 is 11.2. The van der Waals surface area contributed by atoms with Crippen LogP contribution >= 0.6 is 0 Å². The summed E-state index contributed by atoms with van der Waals surface area (Å²) in [5, 5.41) is 3.13. The number of carbonyl (C=O) groups is 1. The maximum absolute atomic E-state index is 11.5. The van der Waals surface area contributed by atoms with Gasteiger partial charge in [0.2, 0.25) is 5.91 Å². The number of benzene rings is 1. The molecule has 0 saturated heterocycles. The molecule has 0 bridgehead atoms. The van der Waals surface area contributed by atoms with Crippen LogP contribution in [0.15, 0.2) is 24.3 Å². The van der Waals surface area contributed by atoms with Crippen LogP contribution in [0.4, 0.5) is 0 Å². The van der Waals surface area contributed by atoms with Gasteiger partial charge in [-0.25, -0.2) is 0 Å². The third-order valence-corrected chi connectivity index (χ3v) is 3.34. The number of nitrogens with one attached hydrogen (secondary N) is 1. The fourth-order valence-corrected chi connectivity index (χ4v) is 2.14. The van der Waals surface area contributed by atoms with Crippen LogP contribution in [0.2, 0.25) is 0 Å². The SMILES string of the molecule is CCNC(C)(CCCOc1ccccc1OCC)C(N)=O. The molecule has 21 heavy (non-hydrogen) atoms. The number of hydrogen-bond acceptors (Lipinski definition) is 4. The zero-order valence-corrected chi connectivity index (χ0v) is 13.1. The second kappa shape index (κ2) is 8.52. The van der Waals surface area contributed by atoms with E-state index in [1.54, 1.807) is 0 Å². The molecule has 3 N–H and O–H groups in total. The largest absolute Gasteiger partial charge is 0.490 e. The average molecular weight is 294 g/mol. The third kappa shape index (κ3) is 5.27. The molecule has 5 nitrogen and oxygen atoms in total. The number of hydrogen-bond donors (Lipinski definition) is 2. The van der Waals surface area contributed by atoms with E-state index in [0.29, 0.717) is 26.2 Å². The molecule has 1 unspecified atom stereocenters. The van der Waals surface area contributed by atoms with Crippen LogP contribution < -0.4 is 20.5 Å². The molecule has 0 aliphatic carbocycles. The van der Waals surface area contributed by atoms with E-state index in [-0.39, 0.29) is 5.91 Å². The molecule has 0 heterocycles. The molecule has 0 saturated carbocycles. The van der Waals surface area contributed by atoms with Gasteiger partial charge in [0.15, 0.2) is 11.5 Å². The van der Waals surface area contributed by atoms with Crippen LogP contribution in [0.5, 0.6) is 11.5 Å².